The molecular formula is C6H7N3O2. The van der Waals surface area contributed by atoms with E-state index in [2.05, 4.69) is 15.6 Å². The number of aromatic nitrogens is 1. The number of terminal acetylenes is 1. The molecule has 0 fully saturated rings. The third-order valence-corrected chi connectivity index (χ3v) is 1.08. The Bertz CT molecular complexity index is 319. The van der Waals surface area contributed by atoms with Gasteiger partial charge in [0.25, 0.3) is 0 Å². The molecule has 0 bridgehead atoms. The molecule has 0 aliphatic rings. The van der Waals surface area contributed by atoms with Crippen molar-refractivity contribution in [2.75, 3.05) is 11.6 Å². The molecule has 5 heteroatoms. The fraction of sp³-hybridized carbons (Fsp3) is 0.167. The maximum absolute atomic E-state index is 10.5. The van der Waals surface area contributed by atoms with Gasteiger partial charge < -0.3 is 4.52 Å². The average Bonchev–Trinajstić information content (AvgIpc) is 2.36. The summed E-state index contributed by atoms with van der Waals surface area (Å²) in [7, 11) is 0. The predicted octanol–water partition coefficient (Wildman–Crippen LogP) is -0.719. The zero-order valence-corrected chi connectivity index (χ0v) is 5.70. The minimum Gasteiger partial charge on any atom is -0.337 e. The van der Waals surface area contributed by atoms with Crippen LogP contribution < -0.4 is 16.5 Å². The normalized spacial score (nSPS) is 9.09. The van der Waals surface area contributed by atoms with Crippen LogP contribution in [0.2, 0.25) is 0 Å². The molecule has 0 radical (unpaired) electrons. The van der Waals surface area contributed by atoms with E-state index in [1.807, 2.05) is 0 Å². The SMILES string of the molecule is C#CCN(N)c1cc(=O)o[nH]1. The third-order valence-electron chi connectivity index (χ3n) is 1.08. The highest BCUT2D eigenvalue weighted by atomic mass is 16.5. The van der Waals surface area contributed by atoms with Gasteiger partial charge >= 0.3 is 5.63 Å². The maximum Gasteiger partial charge on any atom is 0.359 e. The van der Waals surface area contributed by atoms with Crippen molar-refractivity contribution in [1.82, 2.24) is 5.16 Å². The second kappa shape index (κ2) is 2.94. The molecule has 0 aromatic carbocycles. The zero-order chi connectivity index (χ0) is 8.27. The van der Waals surface area contributed by atoms with Crippen LogP contribution in [0.3, 0.4) is 0 Å². The number of nitrogens with zero attached hydrogens (tertiary/aromatic N) is 1. The molecule has 0 atom stereocenters. The summed E-state index contributed by atoms with van der Waals surface area (Å²) in [5.74, 6) is 8.06. The Morgan fingerprint density at radius 2 is 2.64 bits per heavy atom. The smallest absolute Gasteiger partial charge is 0.337 e. The quantitative estimate of drug-likeness (QED) is 0.334. The van der Waals surface area contributed by atoms with Gasteiger partial charge in [-0.15, -0.1) is 6.42 Å². The molecule has 0 saturated heterocycles. The van der Waals surface area contributed by atoms with Gasteiger partial charge in [0, 0.05) is 0 Å². The van der Waals surface area contributed by atoms with Crippen molar-refractivity contribution >= 4 is 5.82 Å². The molecule has 0 aliphatic heterocycles. The van der Waals surface area contributed by atoms with Crippen molar-refractivity contribution in [3.63, 3.8) is 0 Å². The first kappa shape index (κ1) is 7.44. The Hall–Kier alpha value is -1.67. The van der Waals surface area contributed by atoms with Crippen LogP contribution in [0.15, 0.2) is 15.4 Å². The van der Waals surface area contributed by atoms with E-state index >= 15 is 0 Å². The molecular weight excluding hydrogens is 146 g/mol. The molecule has 1 heterocycles. The summed E-state index contributed by atoms with van der Waals surface area (Å²) < 4.78 is 4.36. The monoisotopic (exact) mass is 153 g/mol. The minimum absolute atomic E-state index is 0.218. The van der Waals surface area contributed by atoms with Crippen molar-refractivity contribution in [3.05, 3.63) is 16.5 Å². The van der Waals surface area contributed by atoms with Gasteiger partial charge in [-0.1, -0.05) is 5.92 Å². The van der Waals surface area contributed by atoms with E-state index in [1.54, 1.807) is 0 Å². The van der Waals surface area contributed by atoms with Crippen LogP contribution in [0.4, 0.5) is 5.82 Å². The van der Waals surface area contributed by atoms with E-state index in [4.69, 9.17) is 12.3 Å². The molecule has 1 aromatic rings. The number of rotatable bonds is 2. The number of aromatic amines is 1. The summed E-state index contributed by atoms with van der Waals surface area (Å²) in [6, 6.07) is 1.22. The van der Waals surface area contributed by atoms with Gasteiger partial charge in [0.2, 0.25) is 0 Å². The summed E-state index contributed by atoms with van der Waals surface area (Å²) in [5, 5.41) is 3.51. The molecule has 0 aliphatic carbocycles. The Kier molecular flexibility index (Phi) is 1.99. The number of H-pyrrole nitrogens is 1. The minimum atomic E-state index is -0.479. The van der Waals surface area contributed by atoms with Crippen LogP contribution in [0, 0.1) is 12.3 Å². The summed E-state index contributed by atoms with van der Waals surface area (Å²) in [4.78, 5) is 10.5. The summed E-state index contributed by atoms with van der Waals surface area (Å²) >= 11 is 0. The Labute approximate surface area is 62.7 Å². The molecule has 0 amide bonds. The van der Waals surface area contributed by atoms with Gasteiger partial charge in [-0.05, 0) is 0 Å². The lowest BCUT2D eigenvalue weighted by Crippen LogP contribution is -2.31. The van der Waals surface area contributed by atoms with Gasteiger partial charge in [-0.25, -0.2) is 15.8 Å². The fourth-order valence-corrected chi connectivity index (χ4v) is 0.598. The Balaban J connectivity index is 2.78. The van der Waals surface area contributed by atoms with Gasteiger partial charge in [-0.3, -0.25) is 5.01 Å². The van der Waals surface area contributed by atoms with Crippen molar-refractivity contribution in [1.29, 1.82) is 0 Å². The summed E-state index contributed by atoms with van der Waals surface area (Å²) in [5.41, 5.74) is -0.479. The van der Waals surface area contributed by atoms with Crippen molar-refractivity contribution in [2.45, 2.75) is 0 Å². The molecule has 58 valence electrons. The van der Waals surface area contributed by atoms with Crippen LogP contribution in [0.1, 0.15) is 0 Å². The van der Waals surface area contributed by atoms with Gasteiger partial charge in [0.1, 0.15) is 0 Å². The van der Waals surface area contributed by atoms with Crippen LogP contribution in [-0.2, 0) is 0 Å². The van der Waals surface area contributed by atoms with Crippen molar-refractivity contribution in [3.8, 4) is 12.3 Å². The van der Waals surface area contributed by atoms with Gasteiger partial charge in [0.05, 0.1) is 12.6 Å². The number of hydrazine groups is 1. The topological polar surface area (TPSA) is 75.3 Å². The van der Waals surface area contributed by atoms with Gasteiger partial charge in [-0.2, -0.15) is 0 Å². The Morgan fingerprint density at radius 1 is 1.91 bits per heavy atom. The lowest BCUT2D eigenvalue weighted by Gasteiger charge is -2.09. The van der Waals surface area contributed by atoms with Crippen molar-refractivity contribution < 1.29 is 4.52 Å². The molecule has 1 aromatic heterocycles. The van der Waals surface area contributed by atoms with E-state index in [1.165, 1.54) is 11.1 Å². The second-order valence-corrected chi connectivity index (χ2v) is 1.88. The average molecular weight is 153 g/mol. The third kappa shape index (κ3) is 1.63. The number of nitrogens with two attached hydrogens (primary N) is 1. The first-order chi connectivity index (χ1) is 5.24. The molecule has 0 unspecified atom stereocenters. The predicted molar refractivity (Wildman–Crippen MR) is 39.7 cm³/mol. The van der Waals surface area contributed by atoms with Crippen LogP contribution in [0.5, 0.6) is 0 Å². The Morgan fingerprint density at radius 3 is 3.09 bits per heavy atom. The molecule has 3 N–H and O–H groups in total. The first-order valence-electron chi connectivity index (χ1n) is 2.88. The van der Waals surface area contributed by atoms with E-state index in [0.717, 1.165) is 0 Å². The molecule has 5 nitrogen and oxygen atoms in total. The standard InChI is InChI=1S/C6H7N3O2/c1-2-3-9(7)5-4-6(10)11-8-5/h1,4,8H,3,7H2. The fourth-order valence-electron chi connectivity index (χ4n) is 0.598. The van der Waals surface area contributed by atoms with E-state index in [9.17, 15) is 4.79 Å². The van der Waals surface area contributed by atoms with E-state index in [-0.39, 0.29) is 6.54 Å². The van der Waals surface area contributed by atoms with E-state index < -0.39 is 5.63 Å². The molecule has 1 rings (SSSR count). The largest absolute Gasteiger partial charge is 0.359 e. The summed E-state index contributed by atoms with van der Waals surface area (Å²) in [6.07, 6.45) is 4.98. The highest BCUT2D eigenvalue weighted by Crippen LogP contribution is 1.99. The number of nitrogens with one attached hydrogen (secondary N) is 1. The zero-order valence-electron chi connectivity index (χ0n) is 5.70. The first-order valence-corrected chi connectivity index (χ1v) is 2.88. The van der Waals surface area contributed by atoms with Gasteiger partial charge in [0.15, 0.2) is 5.82 Å². The highest BCUT2D eigenvalue weighted by Gasteiger charge is 2.02. The van der Waals surface area contributed by atoms with Crippen LogP contribution in [-0.4, -0.2) is 11.7 Å². The molecule has 0 saturated carbocycles. The van der Waals surface area contributed by atoms with Crippen molar-refractivity contribution in [2.24, 2.45) is 5.84 Å². The number of hydrogen-bond acceptors (Lipinski definition) is 4. The number of anilines is 1. The van der Waals surface area contributed by atoms with E-state index in [0.29, 0.717) is 5.82 Å². The van der Waals surface area contributed by atoms with Crippen LogP contribution >= 0.6 is 0 Å². The lowest BCUT2D eigenvalue weighted by molar-refractivity contribution is 0.391. The summed E-state index contributed by atoms with van der Waals surface area (Å²) in [6.45, 7) is 0.218. The number of hydrogen-bond donors (Lipinski definition) is 2. The molecule has 11 heavy (non-hydrogen) atoms. The second-order valence-electron chi connectivity index (χ2n) is 1.88. The molecule has 0 spiro atoms. The maximum atomic E-state index is 10.5. The van der Waals surface area contributed by atoms with Crippen LogP contribution in [0.25, 0.3) is 0 Å². The lowest BCUT2D eigenvalue weighted by atomic mass is 10.5. The highest BCUT2D eigenvalue weighted by molar-refractivity contribution is 5.34.